The third kappa shape index (κ3) is 4.08. The van der Waals surface area contributed by atoms with Crippen LogP contribution in [0.5, 0.6) is 0 Å². The summed E-state index contributed by atoms with van der Waals surface area (Å²) in [6.07, 6.45) is 1.53. The molecule has 3 aromatic rings. The molecule has 28 heavy (non-hydrogen) atoms. The Labute approximate surface area is 172 Å². The van der Waals surface area contributed by atoms with Crippen molar-refractivity contribution in [3.8, 4) is 5.69 Å². The molecule has 0 fully saturated rings. The van der Waals surface area contributed by atoms with Crippen LogP contribution in [0.25, 0.3) is 16.5 Å². The van der Waals surface area contributed by atoms with Gasteiger partial charge in [0.1, 0.15) is 10.9 Å². The highest BCUT2D eigenvalue weighted by molar-refractivity contribution is 8.01. The second-order valence-electron chi connectivity index (χ2n) is 7.18. The summed E-state index contributed by atoms with van der Waals surface area (Å²) in [7, 11) is 0. The topological polar surface area (TPSA) is 72.2 Å². The van der Waals surface area contributed by atoms with E-state index in [-0.39, 0.29) is 12.2 Å². The summed E-state index contributed by atoms with van der Waals surface area (Å²) in [6, 6.07) is 13.9. The Morgan fingerprint density at radius 2 is 1.89 bits per heavy atom. The van der Waals surface area contributed by atoms with E-state index in [0.717, 1.165) is 16.5 Å². The smallest absolute Gasteiger partial charge is 0.306 e. The van der Waals surface area contributed by atoms with Crippen molar-refractivity contribution in [1.29, 1.82) is 0 Å². The van der Waals surface area contributed by atoms with E-state index in [0.29, 0.717) is 10.3 Å². The number of carboxylic acid groups (broad SMARTS) is 1. The van der Waals surface area contributed by atoms with Gasteiger partial charge in [-0.3, -0.25) is 14.2 Å². The lowest BCUT2D eigenvalue weighted by molar-refractivity contribution is -0.143. The van der Waals surface area contributed by atoms with E-state index >= 15 is 0 Å². The summed E-state index contributed by atoms with van der Waals surface area (Å²) in [5.74, 6) is -1.85. The normalized spacial score (nSPS) is 12.9. The number of Topliss-reactive ketones (excluding diaryl/α,β-unsaturated/α-hetero) is 1. The van der Waals surface area contributed by atoms with Gasteiger partial charge < -0.3 is 5.11 Å². The first-order valence-corrected chi connectivity index (χ1v) is 10.1. The number of aliphatic carboxylic acids is 1. The van der Waals surface area contributed by atoms with Gasteiger partial charge in [0.25, 0.3) is 0 Å². The number of nitrogens with zero attached hydrogens (tertiary/aromatic N) is 2. The van der Waals surface area contributed by atoms with Crippen LogP contribution in [0.4, 0.5) is 0 Å². The number of fused-ring (bicyclic) bond motifs is 1. The highest BCUT2D eigenvalue weighted by Gasteiger charge is 2.33. The number of halogens is 1. The lowest BCUT2D eigenvalue weighted by atomic mass is 9.97. The van der Waals surface area contributed by atoms with Crippen LogP contribution in [-0.4, -0.2) is 31.2 Å². The maximum absolute atomic E-state index is 12.7. The van der Waals surface area contributed by atoms with Crippen molar-refractivity contribution < 1.29 is 14.7 Å². The highest BCUT2D eigenvalue weighted by Crippen LogP contribution is 2.38. The predicted molar refractivity (Wildman–Crippen MR) is 112 cm³/mol. The molecule has 0 aliphatic carbocycles. The summed E-state index contributed by atoms with van der Waals surface area (Å²) >= 11 is 7.72. The van der Waals surface area contributed by atoms with E-state index in [2.05, 4.69) is 4.98 Å². The monoisotopic (exact) mass is 416 g/mol. The zero-order valence-corrected chi connectivity index (χ0v) is 17.4. The molecular formula is C21H21ClN2O3S. The van der Waals surface area contributed by atoms with E-state index in [9.17, 15) is 9.59 Å². The Morgan fingerprint density at radius 3 is 2.61 bits per heavy atom. The first-order chi connectivity index (χ1) is 13.2. The van der Waals surface area contributed by atoms with Gasteiger partial charge in [0, 0.05) is 11.8 Å². The van der Waals surface area contributed by atoms with Crippen molar-refractivity contribution in [2.75, 3.05) is 0 Å². The molecule has 1 heterocycles. The van der Waals surface area contributed by atoms with Gasteiger partial charge in [-0.1, -0.05) is 66.7 Å². The van der Waals surface area contributed by atoms with Crippen molar-refractivity contribution in [2.24, 2.45) is 5.92 Å². The molecule has 0 aliphatic heterocycles. The van der Waals surface area contributed by atoms with Gasteiger partial charge in [0.05, 0.1) is 22.5 Å². The number of aromatic nitrogens is 2. The molecule has 0 aliphatic rings. The summed E-state index contributed by atoms with van der Waals surface area (Å²) in [4.78, 5) is 28.2. The lowest BCUT2D eigenvalue weighted by Crippen LogP contribution is -2.31. The zero-order valence-electron chi connectivity index (χ0n) is 15.8. The van der Waals surface area contributed by atoms with Gasteiger partial charge in [-0.05, 0) is 25.3 Å². The van der Waals surface area contributed by atoms with E-state index in [1.165, 1.54) is 18.7 Å². The third-order valence-corrected chi connectivity index (χ3v) is 6.10. The second-order valence-corrected chi connectivity index (χ2v) is 9.15. The number of imidazole rings is 1. The van der Waals surface area contributed by atoms with Gasteiger partial charge in [0.2, 0.25) is 0 Å². The predicted octanol–water partition coefficient (Wildman–Crippen LogP) is 5.23. The molecular weight excluding hydrogens is 396 g/mol. The van der Waals surface area contributed by atoms with Gasteiger partial charge in [-0.15, -0.1) is 0 Å². The summed E-state index contributed by atoms with van der Waals surface area (Å²) in [5.41, 5.74) is 0.880. The molecule has 5 nitrogen and oxygen atoms in total. The van der Waals surface area contributed by atoms with Gasteiger partial charge in [0.15, 0.2) is 5.16 Å². The van der Waals surface area contributed by atoms with Crippen LogP contribution in [0, 0.1) is 5.92 Å². The number of benzene rings is 2. The molecule has 7 heteroatoms. The minimum atomic E-state index is -0.977. The maximum atomic E-state index is 12.7. The maximum Gasteiger partial charge on any atom is 0.306 e. The first-order valence-electron chi connectivity index (χ1n) is 8.87. The molecule has 146 valence electrons. The van der Waals surface area contributed by atoms with Crippen molar-refractivity contribution in [3.05, 3.63) is 53.8 Å². The quantitative estimate of drug-likeness (QED) is 0.534. The van der Waals surface area contributed by atoms with Gasteiger partial charge in [-0.2, -0.15) is 0 Å². The molecule has 1 atom stereocenters. The average molecular weight is 417 g/mol. The van der Waals surface area contributed by atoms with E-state index in [1.54, 1.807) is 20.0 Å². The fraction of sp³-hybridized carbons (Fsp3) is 0.286. The SMILES string of the molecule is CC(CC(=O)C(C)(C)Sc1ncc(Cl)n1-c1cccc2ccccc12)C(=O)O. The number of ketones is 1. The van der Waals surface area contributed by atoms with Crippen LogP contribution in [0.2, 0.25) is 5.15 Å². The van der Waals surface area contributed by atoms with Crippen molar-refractivity contribution in [2.45, 2.75) is 37.1 Å². The molecule has 0 radical (unpaired) electrons. The van der Waals surface area contributed by atoms with Gasteiger partial charge in [-0.25, -0.2) is 4.98 Å². The van der Waals surface area contributed by atoms with Crippen LogP contribution in [0.3, 0.4) is 0 Å². The minimum Gasteiger partial charge on any atom is -0.481 e. The number of carboxylic acids is 1. The molecule has 0 amide bonds. The molecule has 2 aromatic carbocycles. The van der Waals surface area contributed by atoms with Crippen LogP contribution < -0.4 is 0 Å². The third-order valence-electron chi connectivity index (χ3n) is 4.63. The fourth-order valence-electron chi connectivity index (χ4n) is 2.91. The molecule has 1 unspecified atom stereocenters. The van der Waals surface area contributed by atoms with Crippen LogP contribution in [0.15, 0.2) is 53.8 Å². The fourth-order valence-corrected chi connectivity index (χ4v) is 4.22. The van der Waals surface area contributed by atoms with Crippen LogP contribution >= 0.6 is 23.4 Å². The Bertz CT molecular complexity index is 1040. The minimum absolute atomic E-state index is 0.0297. The number of carbonyl (C=O) groups is 2. The van der Waals surface area contributed by atoms with Crippen LogP contribution in [0.1, 0.15) is 27.2 Å². The molecule has 1 N–H and O–H groups in total. The number of hydrogen-bond donors (Lipinski definition) is 1. The van der Waals surface area contributed by atoms with E-state index in [1.807, 2.05) is 47.0 Å². The number of carbonyl (C=O) groups excluding carboxylic acids is 1. The molecule has 0 saturated heterocycles. The number of thioether (sulfide) groups is 1. The lowest BCUT2D eigenvalue weighted by Gasteiger charge is -2.23. The molecule has 1 aromatic heterocycles. The Balaban J connectivity index is 1.97. The number of rotatable bonds is 7. The van der Waals surface area contributed by atoms with Crippen molar-refractivity contribution in [1.82, 2.24) is 9.55 Å². The molecule has 0 bridgehead atoms. The molecule has 0 saturated carbocycles. The standard InChI is InChI=1S/C21H21ClN2O3S/c1-13(19(26)27)11-17(25)21(2,3)28-20-23-12-18(22)24(20)16-10-6-8-14-7-4-5-9-15(14)16/h4-10,12-13H,11H2,1-3H3,(H,26,27). The van der Waals surface area contributed by atoms with Crippen LogP contribution in [-0.2, 0) is 9.59 Å². The summed E-state index contributed by atoms with van der Waals surface area (Å²) < 4.78 is 0.977. The Kier molecular flexibility index (Phi) is 5.82. The highest BCUT2D eigenvalue weighted by atomic mass is 35.5. The Hall–Kier alpha value is -2.31. The van der Waals surface area contributed by atoms with E-state index < -0.39 is 16.6 Å². The largest absolute Gasteiger partial charge is 0.481 e. The van der Waals surface area contributed by atoms with Gasteiger partial charge >= 0.3 is 5.97 Å². The zero-order chi connectivity index (χ0) is 20.5. The molecule has 0 spiro atoms. The first kappa shape index (κ1) is 20.4. The van der Waals surface area contributed by atoms with Crippen molar-refractivity contribution in [3.63, 3.8) is 0 Å². The summed E-state index contributed by atoms with van der Waals surface area (Å²) in [6.45, 7) is 5.10. The summed E-state index contributed by atoms with van der Waals surface area (Å²) in [5, 5.41) is 12.2. The Morgan fingerprint density at radius 1 is 1.21 bits per heavy atom. The van der Waals surface area contributed by atoms with Crippen molar-refractivity contribution >= 4 is 45.9 Å². The second kappa shape index (κ2) is 7.97. The molecule has 3 rings (SSSR count). The van der Waals surface area contributed by atoms with E-state index in [4.69, 9.17) is 16.7 Å². The average Bonchev–Trinajstić information content (AvgIpc) is 3.00. The number of hydrogen-bond acceptors (Lipinski definition) is 4.